The SMILES string of the molecule is C[C]1CC2CNCC2N1F. The van der Waals surface area contributed by atoms with E-state index in [0.29, 0.717) is 5.92 Å². The van der Waals surface area contributed by atoms with E-state index in [-0.39, 0.29) is 6.04 Å². The Morgan fingerprint density at radius 2 is 2.40 bits per heavy atom. The molecule has 1 radical (unpaired) electrons. The molecule has 57 valence electrons. The summed E-state index contributed by atoms with van der Waals surface area (Å²) in [6, 6.07) is 1.04. The van der Waals surface area contributed by atoms with Gasteiger partial charge in [0, 0.05) is 6.54 Å². The summed E-state index contributed by atoms with van der Waals surface area (Å²) >= 11 is 0. The molecule has 2 heterocycles. The van der Waals surface area contributed by atoms with Crippen LogP contribution < -0.4 is 5.32 Å². The molecule has 0 amide bonds. The molecule has 0 aromatic rings. The molecular formula is C7H12FN2. The fourth-order valence-corrected chi connectivity index (χ4v) is 1.94. The molecule has 0 saturated carbocycles. The molecule has 0 aliphatic carbocycles. The van der Waals surface area contributed by atoms with Crippen molar-refractivity contribution in [3.63, 3.8) is 0 Å². The van der Waals surface area contributed by atoms with E-state index >= 15 is 0 Å². The van der Waals surface area contributed by atoms with Crippen LogP contribution in [0.2, 0.25) is 0 Å². The average Bonchev–Trinajstić information content (AvgIpc) is 2.41. The largest absolute Gasteiger partial charge is 0.315 e. The van der Waals surface area contributed by atoms with Gasteiger partial charge in [-0.2, -0.15) is 0 Å². The summed E-state index contributed by atoms with van der Waals surface area (Å²) < 4.78 is 13.0. The van der Waals surface area contributed by atoms with E-state index in [2.05, 4.69) is 5.32 Å². The van der Waals surface area contributed by atoms with Gasteiger partial charge in [-0.25, -0.2) is 0 Å². The van der Waals surface area contributed by atoms with Gasteiger partial charge in [0.05, 0.1) is 12.1 Å². The smallest absolute Gasteiger partial charge is 0.0698 e. The van der Waals surface area contributed by atoms with Crippen molar-refractivity contribution in [2.75, 3.05) is 13.1 Å². The van der Waals surface area contributed by atoms with Gasteiger partial charge in [-0.15, -0.1) is 9.60 Å². The lowest BCUT2D eigenvalue weighted by molar-refractivity contribution is 0.0176. The zero-order valence-electron chi connectivity index (χ0n) is 6.10. The van der Waals surface area contributed by atoms with Gasteiger partial charge >= 0.3 is 0 Å². The molecule has 3 heteroatoms. The highest BCUT2D eigenvalue weighted by Crippen LogP contribution is 2.36. The Hall–Kier alpha value is -0.150. The zero-order valence-corrected chi connectivity index (χ0v) is 6.10. The van der Waals surface area contributed by atoms with Gasteiger partial charge in [0.25, 0.3) is 0 Å². The fourth-order valence-electron chi connectivity index (χ4n) is 1.94. The highest BCUT2D eigenvalue weighted by Gasteiger charge is 2.42. The first-order valence-electron chi connectivity index (χ1n) is 3.77. The highest BCUT2D eigenvalue weighted by molar-refractivity contribution is 5.03. The normalized spacial score (nSPS) is 42.6. The van der Waals surface area contributed by atoms with Crippen LogP contribution in [0.15, 0.2) is 0 Å². The molecule has 10 heavy (non-hydrogen) atoms. The summed E-state index contributed by atoms with van der Waals surface area (Å²) in [5.41, 5.74) is 0. The van der Waals surface area contributed by atoms with E-state index < -0.39 is 0 Å². The lowest BCUT2D eigenvalue weighted by atomic mass is 10.0. The van der Waals surface area contributed by atoms with E-state index in [1.807, 2.05) is 6.92 Å². The zero-order chi connectivity index (χ0) is 7.14. The molecular weight excluding hydrogens is 131 g/mol. The van der Waals surface area contributed by atoms with Crippen LogP contribution in [0.4, 0.5) is 4.48 Å². The molecule has 2 atom stereocenters. The van der Waals surface area contributed by atoms with Crippen molar-refractivity contribution in [3.8, 4) is 0 Å². The van der Waals surface area contributed by atoms with Crippen molar-refractivity contribution in [3.05, 3.63) is 6.04 Å². The first-order chi connectivity index (χ1) is 4.79. The number of hydrogen-bond acceptors (Lipinski definition) is 2. The predicted molar refractivity (Wildman–Crippen MR) is 36.6 cm³/mol. The van der Waals surface area contributed by atoms with E-state index in [9.17, 15) is 4.48 Å². The second-order valence-electron chi connectivity index (χ2n) is 3.24. The molecule has 1 N–H and O–H groups in total. The second kappa shape index (κ2) is 2.17. The third-order valence-corrected chi connectivity index (χ3v) is 2.52. The van der Waals surface area contributed by atoms with Gasteiger partial charge < -0.3 is 5.32 Å². The summed E-state index contributed by atoms with van der Waals surface area (Å²) in [7, 11) is 0. The summed E-state index contributed by atoms with van der Waals surface area (Å²) in [4.78, 5) is 0. The van der Waals surface area contributed by atoms with Crippen LogP contribution in [0.5, 0.6) is 0 Å². The molecule has 2 aliphatic heterocycles. The first-order valence-corrected chi connectivity index (χ1v) is 3.77. The van der Waals surface area contributed by atoms with Gasteiger partial charge in [-0.1, -0.05) is 0 Å². The maximum atomic E-state index is 13.0. The molecule has 0 bridgehead atoms. The van der Waals surface area contributed by atoms with Gasteiger partial charge in [0.2, 0.25) is 0 Å². The third kappa shape index (κ3) is 0.772. The molecule has 2 saturated heterocycles. The Labute approximate surface area is 60.3 Å². The molecule has 2 rings (SSSR count). The van der Waals surface area contributed by atoms with Crippen LogP contribution in [0.1, 0.15) is 13.3 Å². The fraction of sp³-hybridized carbons (Fsp3) is 0.857. The summed E-state index contributed by atoms with van der Waals surface area (Å²) in [6.45, 7) is 3.68. The van der Waals surface area contributed by atoms with E-state index in [1.54, 1.807) is 0 Å². The Morgan fingerprint density at radius 3 is 3.10 bits per heavy atom. The van der Waals surface area contributed by atoms with Crippen LogP contribution in [0.3, 0.4) is 0 Å². The molecule has 2 unspecified atom stereocenters. The van der Waals surface area contributed by atoms with Crippen LogP contribution in [-0.2, 0) is 0 Å². The maximum absolute atomic E-state index is 13.0. The predicted octanol–water partition coefficient (Wildman–Crippen LogP) is 0.716. The van der Waals surface area contributed by atoms with E-state index in [4.69, 9.17) is 0 Å². The number of nitrogens with zero attached hydrogens (tertiary/aromatic N) is 1. The van der Waals surface area contributed by atoms with Gasteiger partial charge in [-0.3, -0.25) is 0 Å². The van der Waals surface area contributed by atoms with Gasteiger partial charge in [0.15, 0.2) is 0 Å². The minimum Gasteiger partial charge on any atom is -0.315 e. The lowest BCUT2D eigenvalue weighted by Gasteiger charge is -2.14. The van der Waals surface area contributed by atoms with E-state index in [1.165, 1.54) is 0 Å². The minimum absolute atomic E-state index is 0.139. The van der Waals surface area contributed by atoms with Crippen molar-refractivity contribution in [2.24, 2.45) is 5.92 Å². The van der Waals surface area contributed by atoms with Crippen molar-refractivity contribution in [1.82, 2.24) is 10.4 Å². The third-order valence-electron chi connectivity index (χ3n) is 2.52. The van der Waals surface area contributed by atoms with Gasteiger partial charge in [-0.05, 0) is 25.8 Å². The molecule has 0 aromatic carbocycles. The Morgan fingerprint density at radius 1 is 1.60 bits per heavy atom. The van der Waals surface area contributed by atoms with Crippen molar-refractivity contribution in [2.45, 2.75) is 19.4 Å². The van der Waals surface area contributed by atoms with E-state index in [0.717, 1.165) is 30.7 Å². The highest BCUT2D eigenvalue weighted by atomic mass is 19.2. The van der Waals surface area contributed by atoms with Crippen LogP contribution in [-0.4, -0.2) is 24.3 Å². The monoisotopic (exact) mass is 143 g/mol. The molecule has 0 aromatic heterocycles. The second-order valence-corrected chi connectivity index (χ2v) is 3.24. The van der Waals surface area contributed by atoms with Crippen molar-refractivity contribution >= 4 is 0 Å². The molecule has 2 aliphatic rings. The molecule has 0 spiro atoms. The van der Waals surface area contributed by atoms with Crippen LogP contribution >= 0.6 is 0 Å². The number of hydrogen-bond donors (Lipinski definition) is 1. The first kappa shape index (κ1) is 6.55. The number of fused-ring (bicyclic) bond motifs is 1. The standard InChI is InChI=1S/C7H12FN2/c1-5-2-6-3-9-4-7(6)10(5)8/h6-7,9H,2-4H2,1H3. The average molecular weight is 143 g/mol. The Bertz CT molecular complexity index is 138. The number of nitrogens with one attached hydrogen (secondary N) is 1. The maximum Gasteiger partial charge on any atom is 0.0698 e. The topological polar surface area (TPSA) is 15.3 Å². The minimum atomic E-state index is 0.139. The molecule has 2 fully saturated rings. The van der Waals surface area contributed by atoms with Crippen LogP contribution in [0.25, 0.3) is 0 Å². The lowest BCUT2D eigenvalue weighted by Crippen LogP contribution is -2.28. The summed E-state index contributed by atoms with van der Waals surface area (Å²) in [5, 5.41) is 4.12. The van der Waals surface area contributed by atoms with Crippen molar-refractivity contribution in [1.29, 1.82) is 0 Å². The number of halogens is 1. The number of rotatable bonds is 0. The van der Waals surface area contributed by atoms with Crippen molar-refractivity contribution < 1.29 is 4.48 Å². The van der Waals surface area contributed by atoms with Crippen LogP contribution in [0, 0.1) is 12.0 Å². The Balaban J connectivity index is 2.09. The van der Waals surface area contributed by atoms with Gasteiger partial charge in [0.1, 0.15) is 0 Å². The summed E-state index contributed by atoms with van der Waals surface area (Å²) in [6.07, 6.45) is 0.939. The quantitative estimate of drug-likeness (QED) is 0.502. The Kier molecular flexibility index (Phi) is 1.42. The molecule has 2 nitrogen and oxygen atoms in total. The summed E-state index contributed by atoms with van der Waals surface area (Å²) in [5.74, 6) is 0.532.